The Balaban J connectivity index is 1.98. The van der Waals surface area contributed by atoms with Gasteiger partial charge in [-0.15, -0.1) is 11.3 Å². The molecule has 2 rings (SSSR count). The molecule has 0 radical (unpaired) electrons. The maximum atomic E-state index is 12.0. The van der Waals surface area contributed by atoms with Crippen LogP contribution in [0.2, 0.25) is 0 Å². The molecule has 1 unspecified atom stereocenters. The molecule has 2 heterocycles. The van der Waals surface area contributed by atoms with E-state index in [1.165, 1.54) is 0 Å². The average molecular weight is 265 g/mol. The fourth-order valence-corrected chi connectivity index (χ4v) is 2.80. The maximum Gasteiger partial charge on any atom is 0.246 e. The van der Waals surface area contributed by atoms with Crippen LogP contribution in [0.3, 0.4) is 0 Å². The quantitative estimate of drug-likeness (QED) is 0.834. The smallest absolute Gasteiger partial charge is 0.246 e. The number of nitrogens with zero attached hydrogens (tertiary/aromatic N) is 1. The summed E-state index contributed by atoms with van der Waals surface area (Å²) in [7, 11) is 0. The van der Waals surface area contributed by atoms with E-state index in [0.717, 1.165) is 4.88 Å². The van der Waals surface area contributed by atoms with Crippen molar-refractivity contribution in [3.05, 3.63) is 28.5 Å². The summed E-state index contributed by atoms with van der Waals surface area (Å²) in [5, 5.41) is 11.9. The molecule has 0 saturated carbocycles. The third-order valence-electron chi connectivity index (χ3n) is 3.42. The monoisotopic (exact) mass is 265 g/mol. The van der Waals surface area contributed by atoms with E-state index in [1.807, 2.05) is 42.3 Å². The standard InChI is InChI=1S/C14H19NO2S/c1-14(2)10-15(8-7-12(14)16)13(17)6-5-11-4-3-9-18-11/h3-6,9,12,16H,7-8,10H2,1-2H3/b6-5+. The van der Waals surface area contributed by atoms with Crippen molar-refractivity contribution >= 4 is 23.3 Å². The lowest BCUT2D eigenvalue weighted by atomic mass is 9.81. The number of aliphatic hydroxyl groups is 1. The van der Waals surface area contributed by atoms with Gasteiger partial charge in [-0.25, -0.2) is 0 Å². The molecule has 1 aliphatic rings. The van der Waals surface area contributed by atoms with Gasteiger partial charge in [0.1, 0.15) is 0 Å². The molecule has 1 N–H and O–H groups in total. The Labute approximate surface area is 112 Å². The number of thiophene rings is 1. The predicted octanol–water partition coefficient (Wildman–Crippen LogP) is 2.38. The zero-order chi connectivity index (χ0) is 13.2. The highest BCUT2D eigenvalue weighted by molar-refractivity contribution is 7.10. The minimum Gasteiger partial charge on any atom is -0.392 e. The first-order valence-corrected chi connectivity index (χ1v) is 7.05. The van der Waals surface area contributed by atoms with Gasteiger partial charge in [0.25, 0.3) is 0 Å². The van der Waals surface area contributed by atoms with Gasteiger partial charge in [-0.3, -0.25) is 4.79 Å². The van der Waals surface area contributed by atoms with Gasteiger partial charge in [0.05, 0.1) is 6.10 Å². The van der Waals surface area contributed by atoms with Crippen LogP contribution in [0.15, 0.2) is 23.6 Å². The van der Waals surface area contributed by atoms with E-state index in [4.69, 9.17) is 0 Å². The highest BCUT2D eigenvalue weighted by atomic mass is 32.1. The van der Waals surface area contributed by atoms with E-state index in [-0.39, 0.29) is 17.4 Å². The fourth-order valence-electron chi connectivity index (χ4n) is 2.18. The molecule has 4 heteroatoms. The largest absolute Gasteiger partial charge is 0.392 e. The summed E-state index contributed by atoms with van der Waals surface area (Å²) in [6, 6.07) is 3.95. The first-order valence-electron chi connectivity index (χ1n) is 6.17. The third-order valence-corrected chi connectivity index (χ3v) is 4.26. The highest BCUT2D eigenvalue weighted by Crippen LogP contribution is 2.29. The summed E-state index contributed by atoms with van der Waals surface area (Å²) >= 11 is 1.61. The van der Waals surface area contributed by atoms with Crippen molar-refractivity contribution in [2.45, 2.75) is 26.4 Å². The van der Waals surface area contributed by atoms with Gasteiger partial charge in [-0.2, -0.15) is 0 Å². The molecule has 98 valence electrons. The Morgan fingerprint density at radius 3 is 3.00 bits per heavy atom. The number of hydrogen-bond acceptors (Lipinski definition) is 3. The predicted molar refractivity (Wildman–Crippen MR) is 74.3 cm³/mol. The van der Waals surface area contributed by atoms with Crippen molar-refractivity contribution in [1.29, 1.82) is 0 Å². The second-order valence-electron chi connectivity index (χ2n) is 5.40. The van der Waals surface area contributed by atoms with Gasteiger partial charge < -0.3 is 10.0 Å². The molecule has 3 nitrogen and oxygen atoms in total. The number of piperidine rings is 1. The van der Waals surface area contributed by atoms with Crippen molar-refractivity contribution in [2.24, 2.45) is 5.41 Å². The van der Waals surface area contributed by atoms with Crippen LogP contribution in [0, 0.1) is 5.41 Å². The maximum absolute atomic E-state index is 12.0. The lowest BCUT2D eigenvalue weighted by Crippen LogP contribution is -2.50. The molecule has 1 amide bonds. The van der Waals surface area contributed by atoms with Crippen molar-refractivity contribution < 1.29 is 9.90 Å². The van der Waals surface area contributed by atoms with Gasteiger partial charge in [0.15, 0.2) is 0 Å². The Kier molecular flexibility index (Phi) is 3.88. The molecule has 0 bridgehead atoms. The highest BCUT2D eigenvalue weighted by Gasteiger charge is 2.35. The molecule has 1 saturated heterocycles. The van der Waals surface area contributed by atoms with E-state index in [1.54, 1.807) is 17.4 Å². The van der Waals surface area contributed by atoms with E-state index in [2.05, 4.69) is 0 Å². The summed E-state index contributed by atoms with van der Waals surface area (Å²) in [6.45, 7) is 5.25. The Morgan fingerprint density at radius 1 is 1.61 bits per heavy atom. The Hall–Kier alpha value is -1.13. The van der Waals surface area contributed by atoms with Gasteiger partial charge in [-0.1, -0.05) is 19.9 Å². The first-order chi connectivity index (χ1) is 8.49. The molecule has 18 heavy (non-hydrogen) atoms. The van der Waals surface area contributed by atoms with Crippen molar-refractivity contribution in [1.82, 2.24) is 4.90 Å². The summed E-state index contributed by atoms with van der Waals surface area (Å²) in [5.41, 5.74) is -0.218. The summed E-state index contributed by atoms with van der Waals surface area (Å²) in [6.07, 6.45) is 3.82. The topological polar surface area (TPSA) is 40.5 Å². The average Bonchev–Trinajstić information content (AvgIpc) is 2.82. The normalized spacial score (nSPS) is 23.5. The summed E-state index contributed by atoms with van der Waals surface area (Å²) < 4.78 is 0. The molecular weight excluding hydrogens is 246 g/mol. The van der Waals surface area contributed by atoms with Crippen LogP contribution in [-0.2, 0) is 4.79 Å². The van der Waals surface area contributed by atoms with Gasteiger partial charge in [0, 0.05) is 29.5 Å². The third kappa shape index (κ3) is 3.00. The molecular formula is C14H19NO2S. The van der Waals surface area contributed by atoms with Crippen molar-refractivity contribution in [2.75, 3.05) is 13.1 Å². The van der Waals surface area contributed by atoms with Crippen molar-refractivity contribution in [3.8, 4) is 0 Å². The SMILES string of the molecule is CC1(C)CN(C(=O)/C=C/c2cccs2)CCC1O. The number of aliphatic hydroxyl groups excluding tert-OH is 1. The molecule has 1 aromatic rings. The second-order valence-corrected chi connectivity index (χ2v) is 6.38. The molecule has 0 spiro atoms. The van der Waals surface area contributed by atoms with Gasteiger partial charge in [0.2, 0.25) is 5.91 Å². The number of rotatable bonds is 2. The minimum absolute atomic E-state index is 0.0309. The van der Waals surface area contributed by atoms with E-state index in [9.17, 15) is 9.90 Å². The minimum atomic E-state index is -0.317. The second kappa shape index (κ2) is 5.24. The van der Waals surface area contributed by atoms with Crippen molar-refractivity contribution in [3.63, 3.8) is 0 Å². The molecule has 1 atom stereocenters. The lowest BCUT2D eigenvalue weighted by Gasteiger charge is -2.41. The molecule has 1 aromatic heterocycles. The number of carbonyl (C=O) groups excluding carboxylic acids is 1. The molecule has 1 aliphatic heterocycles. The number of likely N-dealkylation sites (tertiary alicyclic amines) is 1. The van der Waals surface area contributed by atoms with Crippen LogP contribution in [0.5, 0.6) is 0 Å². The van der Waals surface area contributed by atoms with Crippen LogP contribution < -0.4 is 0 Å². The molecule has 0 aromatic carbocycles. The molecule has 1 fully saturated rings. The van der Waals surface area contributed by atoms with Gasteiger partial charge >= 0.3 is 0 Å². The van der Waals surface area contributed by atoms with Crippen LogP contribution in [0.25, 0.3) is 6.08 Å². The van der Waals surface area contributed by atoms with Gasteiger partial charge in [-0.05, 0) is 23.9 Å². The van der Waals surface area contributed by atoms with Crippen LogP contribution in [0.1, 0.15) is 25.1 Å². The number of amides is 1. The van der Waals surface area contributed by atoms with Crippen LogP contribution >= 0.6 is 11.3 Å². The Bertz CT molecular complexity index is 437. The Morgan fingerprint density at radius 2 is 2.39 bits per heavy atom. The fraction of sp³-hybridized carbons (Fsp3) is 0.500. The zero-order valence-electron chi connectivity index (χ0n) is 10.8. The van der Waals surface area contributed by atoms with Crippen LogP contribution in [0.4, 0.5) is 0 Å². The number of carbonyl (C=O) groups is 1. The first kappa shape index (κ1) is 13.3. The van der Waals surface area contributed by atoms with E-state index < -0.39 is 0 Å². The van der Waals surface area contributed by atoms with E-state index in [0.29, 0.717) is 19.5 Å². The lowest BCUT2D eigenvalue weighted by molar-refractivity contribution is -0.132. The van der Waals surface area contributed by atoms with Crippen LogP contribution in [-0.4, -0.2) is 35.1 Å². The summed E-state index contributed by atoms with van der Waals surface area (Å²) in [4.78, 5) is 14.9. The molecule has 0 aliphatic carbocycles. The zero-order valence-corrected chi connectivity index (χ0v) is 11.6. The van der Waals surface area contributed by atoms with E-state index >= 15 is 0 Å². The number of hydrogen-bond donors (Lipinski definition) is 1. The summed E-state index contributed by atoms with van der Waals surface area (Å²) in [5.74, 6) is 0.0309.